The molecule has 5 nitrogen and oxygen atoms in total. The molecule has 1 atom stereocenters. The molecule has 0 aromatic heterocycles. The lowest BCUT2D eigenvalue weighted by Crippen LogP contribution is -2.35. The van der Waals surface area contributed by atoms with E-state index in [4.69, 9.17) is 4.74 Å². The predicted molar refractivity (Wildman–Crippen MR) is 92.2 cm³/mol. The molecule has 27 heavy (non-hydrogen) atoms. The number of ether oxygens (including phenoxy) is 1. The molecule has 1 aromatic carbocycles. The van der Waals surface area contributed by atoms with E-state index in [1.54, 1.807) is 6.08 Å². The minimum atomic E-state index is -4.48. The van der Waals surface area contributed by atoms with Crippen LogP contribution in [0.4, 0.5) is 13.2 Å². The molecule has 1 aromatic rings. The summed E-state index contributed by atoms with van der Waals surface area (Å²) in [4.78, 5) is 0. The van der Waals surface area contributed by atoms with Crippen molar-refractivity contribution in [1.29, 1.82) is 0 Å². The van der Waals surface area contributed by atoms with Crippen LogP contribution in [0.25, 0.3) is 0 Å². The summed E-state index contributed by atoms with van der Waals surface area (Å²) in [5, 5.41) is 14.5. The number of halogens is 3. The molecule has 0 fully saturated rings. The van der Waals surface area contributed by atoms with Gasteiger partial charge in [-0.3, -0.25) is 0 Å². The summed E-state index contributed by atoms with van der Waals surface area (Å²) in [5.74, 6) is 0. The minimum absolute atomic E-state index is 0.0813. The Morgan fingerprint density at radius 1 is 1.11 bits per heavy atom. The quantitative estimate of drug-likeness (QED) is 0.599. The van der Waals surface area contributed by atoms with Crippen LogP contribution >= 0.6 is 0 Å². The first kappa shape index (κ1) is 18.0. The molecule has 0 radical (unpaired) electrons. The van der Waals surface area contributed by atoms with Crippen LogP contribution in [0.15, 0.2) is 68.5 Å². The maximum Gasteiger partial charge on any atom is 0.442 e. The van der Waals surface area contributed by atoms with Crippen LogP contribution in [0.2, 0.25) is 0 Å². The minimum Gasteiger partial charge on any atom is -0.374 e. The van der Waals surface area contributed by atoms with Gasteiger partial charge in [-0.2, -0.15) is 23.4 Å². The Morgan fingerprint density at radius 3 is 2.33 bits per heavy atom. The molecule has 0 bridgehead atoms. The van der Waals surface area contributed by atoms with Gasteiger partial charge in [-0.25, -0.2) is 0 Å². The maximum atomic E-state index is 13.0. The number of benzene rings is 1. The second-order valence-corrected chi connectivity index (χ2v) is 7.05. The molecule has 0 spiro atoms. The summed E-state index contributed by atoms with van der Waals surface area (Å²) in [6.07, 6.45) is 2.02. The Hall–Kier alpha value is -2.35. The van der Waals surface area contributed by atoms with Gasteiger partial charge in [-0.1, -0.05) is 42.5 Å². The standard InChI is InChI=1S/C19H19F3N4O/c1-17(23-24-17)14-6-4-13(5-7-14)3-2-12-27-16-10-8-15(9-11-16)18(25-26-18)19(20,21)22/h4-10,16H,2-3,11-12H2,1H3. The fourth-order valence-corrected chi connectivity index (χ4v) is 3.11. The highest BCUT2D eigenvalue weighted by molar-refractivity contribution is 5.39. The lowest BCUT2D eigenvalue weighted by Gasteiger charge is -2.21. The van der Waals surface area contributed by atoms with Gasteiger partial charge in [0.05, 0.1) is 6.10 Å². The Morgan fingerprint density at radius 2 is 1.81 bits per heavy atom. The van der Waals surface area contributed by atoms with Crippen molar-refractivity contribution in [3.8, 4) is 0 Å². The van der Waals surface area contributed by atoms with Crippen LogP contribution in [0.5, 0.6) is 0 Å². The highest BCUT2D eigenvalue weighted by Crippen LogP contribution is 2.50. The Kier molecular flexibility index (Phi) is 4.25. The summed E-state index contributed by atoms with van der Waals surface area (Å²) < 4.78 is 44.7. The number of alkyl halides is 3. The van der Waals surface area contributed by atoms with Crippen molar-refractivity contribution in [2.45, 2.75) is 49.8 Å². The highest BCUT2D eigenvalue weighted by atomic mass is 19.4. The third kappa shape index (κ3) is 3.58. The van der Waals surface area contributed by atoms with Crippen LogP contribution in [0.1, 0.15) is 30.9 Å². The van der Waals surface area contributed by atoms with Crippen LogP contribution in [0.3, 0.4) is 0 Å². The molecular weight excluding hydrogens is 357 g/mol. The molecule has 0 saturated heterocycles. The Labute approximate surface area is 154 Å². The van der Waals surface area contributed by atoms with Gasteiger partial charge in [0, 0.05) is 17.7 Å². The molecule has 2 heterocycles. The normalized spacial score (nSPS) is 24.0. The zero-order chi connectivity index (χ0) is 19.1. The summed E-state index contributed by atoms with van der Waals surface area (Å²) >= 11 is 0. The van der Waals surface area contributed by atoms with Crippen LogP contribution < -0.4 is 0 Å². The summed E-state index contributed by atoms with van der Waals surface area (Å²) in [6, 6.07) is 8.21. The second kappa shape index (κ2) is 6.37. The van der Waals surface area contributed by atoms with Crippen molar-refractivity contribution in [1.82, 2.24) is 0 Å². The smallest absolute Gasteiger partial charge is 0.374 e. The number of aryl methyl sites for hydroxylation is 1. The van der Waals surface area contributed by atoms with E-state index < -0.39 is 11.8 Å². The number of nitrogens with zero attached hydrogens (tertiary/aromatic N) is 4. The molecule has 142 valence electrons. The number of hydrogen-bond acceptors (Lipinski definition) is 5. The third-order valence-electron chi connectivity index (χ3n) is 5.00. The molecule has 0 amide bonds. The molecular formula is C19H19F3N4O. The van der Waals surface area contributed by atoms with Crippen molar-refractivity contribution in [3.05, 3.63) is 59.2 Å². The molecule has 0 N–H and O–H groups in total. The van der Waals surface area contributed by atoms with E-state index in [0.29, 0.717) is 13.0 Å². The summed E-state index contributed by atoms with van der Waals surface area (Å²) in [7, 11) is 0. The fraction of sp³-hybridized carbons (Fsp3) is 0.474. The van der Waals surface area contributed by atoms with Gasteiger partial charge in [0.1, 0.15) is 0 Å². The summed E-state index contributed by atoms with van der Waals surface area (Å²) in [6.45, 7) is 2.51. The van der Waals surface area contributed by atoms with Gasteiger partial charge in [0.15, 0.2) is 0 Å². The van der Waals surface area contributed by atoms with Gasteiger partial charge < -0.3 is 4.74 Å². The van der Waals surface area contributed by atoms with E-state index in [0.717, 1.165) is 18.4 Å². The van der Waals surface area contributed by atoms with Gasteiger partial charge in [-0.15, -0.1) is 10.2 Å². The Balaban J connectivity index is 1.19. The zero-order valence-electron chi connectivity index (χ0n) is 14.8. The van der Waals surface area contributed by atoms with Crippen molar-refractivity contribution in [2.75, 3.05) is 6.61 Å². The van der Waals surface area contributed by atoms with E-state index in [-0.39, 0.29) is 17.3 Å². The molecule has 3 aliphatic rings. The van der Waals surface area contributed by atoms with Crippen LogP contribution in [0, 0.1) is 0 Å². The zero-order valence-corrected chi connectivity index (χ0v) is 14.8. The SMILES string of the molecule is CC1(c2ccc(CCCOC3C=CC(C4(C(F)(F)F)N=N4)=CC3)cc2)N=N1. The first-order valence-corrected chi connectivity index (χ1v) is 8.87. The maximum absolute atomic E-state index is 13.0. The lowest BCUT2D eigenvalue weighted by atomic mass is 9.95. The molecule has 0 saturated carbocycles. The van der Waals surface area contributed by atoms with E-state index in [2.05, 4.69) is 32.6 Å². The van der Waals surface area contributed by atoms with E-state index >= 15 is 0 Å². The second-order valence-electron chi connectivity index (χ2n) is 7.05. The average molecular weight is 376 g/mol. The predicted octanol–water partition coefficient (Wildman–Crippen LogP) is 5.25. The molecule has 1 aliphatic carbocycles. The first-order chi connectivity index (χ1) is 12.8. The number of hydrogen-bond donors (Lipinski definition) is 0. The topological polar surface area (TPSA) is 58.7 Å². The third-order valence-corrected chi connectivity index (χ3v) is 5.00. The molecule has 2 aliphatic heterocycles. The summed E-state index contributed by atoms with van der Waals surface area (Å²) in [5.41, 5.74) is -0.316. The van der Waals surface area contributed by atoms with E-state index in [1.165, 1.54) is 17.7 Å². The van der Waals surface area contributed by atoms with Crippen molar-refractivity contribution >= 4 is 0 Å². The molecule has 4 rings (SSSR count). The molecule has 8 heteroatoms. The monoisotopic (exact) mass is 376 g/mol. The van der Waals surface area contributed by atoms with Gasteiger partial charge >= 0.3 is 11.8 Å². The largest absolute Gasteiger partial charge is 0.442 e. The van der Waals surface area contributed by atoms with Crippen LogP contribution in [-0.2, 0) is 16.8 Å². The fourth-order valence-electron chi connectivity index (χ4n) is 3.11. The number of rotatable bonds is 7. The van der Waals surface area contributed by atoms with Crippen molar-refractivity contribution in [2.24, 2.45) is 20.5 Å². The van der Waals surface area contributed by atoms with E-state index in [9.17, 15) is 13.2 Å². The highest BCUT2D eigenvalue weighted by Gasteiger charge is 2.65. The lowest BCUT2D eigenvalue weighted by molar-refractivity contribution is -0.153. The average Bonchev–Trinajstić information content (AvgIpc) is 3.55. The van der Waals surface area contributed by atoms with Crippen molar-refractivity contribution in [3.63, 3.8) is 0 Å². The molecule has 1 unspecified atom stereocenters. The van der Waals surface area contributed by atoms with Gasteiger partial charge in [0.2, 0.25) is 5.66 Å². The Bertz CT molecular complexity index is 828. The van der Waals surface area contributed by atoms with Crippen LogP contribution in [-0.4, -0.2) is 24.6 Å². The van der Waals surface area contributed by atoms with Gasteiger partial charge in [0.25, 0.3) is 0 Å². The first-order valence-electron chi connectivity index (χ1n) is 8.87. The van der Waals surface area contributed by atoms with Gasteiger partial charge in [-0.05, 0) is 31.7 Å². The van der Waals surface area contributed by atoms with Crippen molar-refractivity contribution < 1.29 is 17.9 Å². The van der Waals surface area contributed by atoms with E-state index in [1.807, 2.05) is 19.1 Å².